The SMILES string of the molecule is CC.O=C(O)CC1Cc2ccccc2S1. The summed E-state index contributed by atoms with van der Waals surface area (Å²) in [6.07, 6.45) is 1.16. The summed E-state index contributed by atoms with van der Waals surface area (Å²) >= 11 is 1.68. The van der Waals surface area contributed by atoms with Crippen molar-refractivity contribution >= 4 is 17.7 Å². The van der Waals surface area contributed by atoms with Gasteiger partial charge in [0.25, 0.3) is 0 Å². The number of fused-ring (bicyclic) bond motifs is 1. The normalized spacial score (nSPS) is 17.6. The van der Waals surface area contributed by atoms with E-state index in [4.69, 9.17) is 5.11 Å². The molecule has 0 saturated heterocycles. The fraction of sp³-hybridized carbons (Fsp3) is 0.417. The molecule has 1 aliphatic rings. The lowest BCUT2D eigenvalue weighted by Crippen LogP contribution is -2.08. The van der Waals surface area contributed by atoms with Crippen molar-refractivity contribution in [1.82, 2.24) is 0 Å². The summed E-state index contributed by atoms with van der Waals surface area (Å²) < 4.78 is 0. The minimum atomic E-state index is -0.703. The molecule has 1 N–H and O–H groups in total. The summed E-state index contributed by atoms with van der Waals surface area (Å²) in [6.45, 7) is 4.00. The Morgan fingerprint density at radius 3 is 2.73 bits per heavy atom. The molecule has 0 spiro atoms. The molecular weight excluding hydrogens is 208 g/mol. The molecule has 1 aromatic carbocycles. The molecule has 1 atom stereocenters. The van der Waals surface area contributed by atoms with E-state index in [1.165, 1.54) is 10.5 Å². The second-order valence-electron chi connectivity index (χ2n) is 3.15. The molecular formula is C12H16O2S. The summed E-state index contributed by atoms with van der Waals surface area (Å²) in [4.78, 5) is 11.7. The third-order valence-electron chi connectivity index (χ3n) is 2.12. The quantitative estimate of drug-likeness (QED) is 0.838. The highest BCUT2D eigenvalue weighted by molar-refractivity contribution is 8.00. The van der Waals surface area contributed by atoms with Gasteiger partial charge in [0.15, 0.2) is 0 Å². The predicted octanol–water partition coefficient (Wildman–Crippen LogP) is 3.20. The van der Waals surface area contributed by atoms with E-state index in [1.54, 1.807) is 11.8 Å². The first-order chi connectivity index (χ1) is 7.25. The van der Waals surface area contributed by atoms with Crippen molar-refractivity contribution < 1.29 is 9.90 Å². The van der Waals surface area contributed by atoms with Gasteiger partial charge in [-0.3, -0.25) is 4.79 Å². The average molecular weight is 224 g/mol. The molecule has 0 saturated carbocycles. The molecule has 0 fully saturated rings. The van der Waals surface area contributed by atoms with E-state index >= 15 is 0 Å². The molecule has 1 aliphatic heterocycles. The number of rotatable bonds is 2. The van der Waals surface area contributed by atoms with Crippen LogP contribution in [-0.4, -0.2) is 16.3 Å². The second kappa shape index (κ2) is 5.81. The maximum absolute atomic E-state index is 10.5. The maximum Gasteiger partial charge on any atom is 0.304 e. The van der Waals surface area contributed by atoms with Crippen LogP contribution in [0.5, 0.6) is 0 Å². The fourth-order valence-electron chi connectivity index (χ4n) is 1.56. The standard InChI is InChI=1S/C10H10O2S.C2H6/c11-10(12)6-8-5-7-3-1-2-4-9(7)13-8;1-2/h1-4,8H,5-6H2,(H,11,12);1-2H3. The Kier molecular flexibility index (Phi) is 4.69. The first kappa shape index (κ1) is 12.1. The van der Waals surface area contributed by atoms with Crippen LogP contribution in [0.1, 0.15) is 25.8 Å². The van der Waals surface area contributed by atoms with Crippen LogP contribution in [0, 0.1) is 0 Å². The Labute approximate surface area is 94.7 Å². The lowest BCUT2D eigenvalue weighted by molar-refractivity contribution is -0.136. The van der Waals surface area contributed by atoms with Gasteiger partial charge in [-0.2, -0.15) is 0 Å². The van der Waals surface area contributed by atoms with Crippen molar-refractivity contribution in [3.8, 4) is 0 Å². The molecule has 1 aromatic rings. The fourth-order valence-corrected chi connectivity index (χ4v) is 2.87. The molecule has 0 amide bonds. The summed E-state index contributed by atoms with van der Waals surface area (Å²) in [7, 11) is 0. The minimum Gasteiger partial charge on any atom is -0.481 e. The third kappa shape index (κ3) is 3.27. The van der Waals surface area contributed by atoms with Gasteiger partial charge in [0.05, 0.1) is 6.42 Å². The predicted molar refractivity (Wildman–Crippen MR) is 63.4 cm³/mol. The lowest BCUT2D eigenvalue weighted by Gasteiger charge is -2.02. The topological polar surface area (TPSA) is 37.3 Å². The number of aliphatic carboxylic acids is 1. The number of carbonyl (C=O) groups is 1. The van der Waals surface area contributed by atoms with Gasteiger partial charge < -0.3 is 5.11 Å². The number of carboxylic acids is 1. The smallest absolute Gasteiger partial charge is 0.304 e. The maximum atomic E-state index is 10.5. The van der Waals surface area contributed by atoms with Crippen molar-refractivity contribution in [1.29, 1.82) is 0 Å². The van der Waals surface area contributed by atoms with Crippen LogP contribution in [0.4, 0.5) is 0 Å². The van der Waals surface area contributed by atoms with Gasteiger partial charge in [-0.15, -0.1) is 11.8 Å². The van der Waals surface area contributed by atoms with E-state index in [-0.39, 0.29) is 11.7 Å². The van der Waals surface area contributed by atoms with Gasteiger partial charge in [0.1, 0.15) is 0 Å². The molecule has 1 unspecified atom stereocenters. The molecule has 82 valence electrons. The van der Waals surface area contributed by atoms with Crippen molar-refractivity contribution in [3.05, 3.63) is 29.8 Å². The zero-order valence-corrected chi connectivity index (χ0v) is 9.88. The van der Waals surface area contributed by atoms with E-state index in [2.05, 4.69) is 12.1 Å². The van der Waals surface area contributed by atoms with Gasteiger partial charge in [-0.25, -0.2) is 0 Å². The zero-order valence-electron chi connectivity index (χ0n) is 9.06. The minimum absolute atomic E-state index is 0.231. The Bertz CT molecular complexity index is 311. The van der Waals surface area contributed by atoms with Crippen LogP contribution >= 0.6 is 11.8 Å². The van der Waals surface area contributed by atoms with Crippen molar-refractivity contribution in [3.63, 3.8) is 0 Å². The highest BCUT2D eigenvalue weighted by Gasteiger charge is 2.23. The molecule has 1 heterocycles. The van der Waals surface area contributed by atoms with E-state index < -0.39 is 5.97 Å². The van der Waals surface area contributed by atoms with E-state index in [9.17, 15) is 4.79 Å². The average Bonchev–Trinajstić information content (AvgIpc) is 2.61. The van der Waals surface area contributed by atoms with Crippen LogP contribution in [-0.2, 0) is 11.2 Å². The first-order valence-electron chi connectivity index (χ1n) is 5.22. The van der Waals surface area contributed by atoms with Gasteiger partial charge in [0.2, 0.25) is 0 Å². The van der Waals surface area contributed by atoms with Crippen molar-refractivity contribution in [2.75, 3.05) is 0 Å². The van der Waals surface area contributed by atoms with Crippen LogP contribution < -0.4 is 0 Å². The molecule has 2 rings (SSSR count). The highest BCUT2D eigenvalue weighted by Crippen LogP contribution is 2.38. The van der Waals surface area contributed by atoms with Gasteiger partial charge in [-0.05, 0) is 18.1 Å². The van der Waals surface area contributed by atoms with E-state index in [0.717, 1.165) is 6.42 Å². The van der Waals surface area contributed by atoms with E-state index in [1.807, 2.05) is 26.0 Å². The number of carboxylic acid groups (broad SMARTS) is 1. The molecule has 0 aliphatic carbocycles. The largest absolute Gasteiger partial charge is 0.481 e. The summed E-state index contributed by atoms with van der Waals surface area (Å²) in [5.41, 5.74) is 1.29. The summed E-state index contributed by atoms with van der Waals surface area (Å²) in [5.74, 6) is -0.703. The van der Waals surface area contributed by atoms with Crippen molar-refractivity contribution in [2.24, 2.45) is 0 Å². The first-order valence-corrected chi connectivity index (χ1v) is 6.10. The Hall–Kier alpha value is -0.960. The van der Waals surface area contributed by atoms with E-state index in [0.29, 0.717) is 0 Å². The molecule has 0 bridgehead atoms. The van der Waals surface area contributed by atoms with Gasteiger partial charge in [0, 0.05) is 10.1 Å². The third-order valence-corrected chi connectivity index (χ3v) is 3.43. The number of thioether (sulfide) groups is 1. The molecule has 0 aromatic heterocycles. The Balaban J connectivity index is 0.000000531. The van der Waals surface area contributed by atoms with Gasteiger partial charge in [-0.1, -0.05) is 32.0 Å². The van der Waals surface area contributed by atoms with Crippen LogP contribution in [0.3, 0.4) is 0 Å². The van der Waals surface area contributed by atoms with Gasteiger partial charge >= 0.3 is 5.97 Å². The molecule has 0 radical (unpaired) electrons. The van der Waals surface area contributed by atoms with Crippen LogP contribution in [0.15, 0.2) is 29.2 Å². The number of benzene rings is 1. The summed E-state index contributed by atoms with van der Waals surface area (Å²) in [5, 5.41) is 8.87. The lowest BCUT2D eigenvalue weighted by atomic mass is 10.1. The molecule has 3 heteroatoms. The second-order valence-corrected chi connectivity index (χ2v) is 4.49. The Morgan fingerprint density at radius 2 is 2.13 bits per heavy atom. The number of hydrogen-bond donors (Lipinski definition) is 1. The summed E-state index contributed by atoms with van der Waals surface area (Å²) in [6, 6.07) is 8.13. The number of hydrogen-bond acceptors (Lipinski definition) is 2. The Morgan fingerprint density at radius 1 is 1.47 bits per heavy atom. The van der Waals surface area contributed by atoms with Crippen molar-refractivity contribution in [2.45, 2.75) is 36.8 Å². The molecule has 15 heavy (non-hydrogen) atoms. The molecule has 2 nitrogen and oxygen atoms in total. The van der Waals surface area contributed by atoms with Crippen LogP contribution in [0.2, 0.25) is 0 Å². The zero-order chi connectivity index (χ0) is 11.3. The van der Waals surface area contributed by atoms with Crippen LogP contribution in [0.25, 0.3) is 0 Å². The highest BCUT2D eigenvalue weighted by atomic mass is 32.2. The monoisotopic (exact) mass is 224 g/mol.